The maximum absolute atomic E-state index is 12.3. The molecule has 0 aliphatic heterocycles. The molecular formula is C22H21N5O2. The number of carbonyl (C=O) groups is 1. The fourth-order valence-electron chi connectivity index (χ4n) is 3.35. The zero-order valence-corrected chi connectivity index (χ0v) is 15.9. The van der Waals surface area contributed by atoms with Crippen LogP contribution in [0.5, 0.6) is 5.75 Å². The Hall–Kier alpha value is -4.00. The van der Waals surface area contributed by atoms with Crippen molar-refractivity contribution in [2.24, 2.45) is 0 Å². The average molecular weight is 387 g/mol. The Morgan fingerprint density at radius 2 is 1.83 bits per heavy atom. The number of rotatable bonds is 4. The molecule has 29 heavy (non-hydrogen) atoms. The summed E-state index contributed by atoms with van der Waals surface area (Å²) in [6.07, 6.45) is 0.837. The number of nitrogen functional groups attached to an aromatic ring is 1. The fourth-order valence-corrected chi connectivity index (χ4v) is 3.35. The summed E-state index contributed by atoms with van der Waals surface area (Å²) in [5, 5.41) is 23.1. The zero-order chi connectivity index (χ0) is 20.4. The number of amides is 2. The number of phenolic OH excluding ortho intramolecular Hbond substituents is 1. The molecule has 0 aliphatic carbocycles. The lowest BCUT2D eigenvalue weighted by atomic mass is 10.0. The van der Waals surface area contributed by atoms with E-state index in [0.717, 1.165) is 28.8 Å². The smallest absolute Gasteiger partial charge is 0.323 e. The van der Waals surface area contributed by atoms with E-state index in [1.807, 2.05) is 55.5 Å². The number of fused-ring (bicyclic) bond motifs is 1. The highest BCUT2D eigenvalue weighted by atomic mass is 16.3. The largest absolute Gasteiger partial charge is 0.506 e. The number of nitrogens with two attached hydrogens (primary N) is 1. The summed E-state index contributed by atoms with van der Waals surface area (Å²) in [7, 11) is 0. The molecule has 0 aliphatic rings. The van der Waals surface area contributed by atoms with Gasteiger partial charge in [-0.05, 0) is 53.4 Å². The number of anilines is 3. The summed E-state index contributed by atoms with van der Waals surface area (Å²) in [5.41, 5.74) is 10.7. The van der Waals surface area contributed by atoms with Crippen molar-refractivity contribution in [3.63, 3.8) is 0 Å². The summed E-state index contributed by atoms with van der Waals surface area (Å²) in [4.78, 5) is 12.3. The molecule has 1 aromatic heterocycles. The molecule has 4 rings (SSSR count). The van der Waals surface area contributed by atoms with Gasteiger partial charge < -0.3 is 21.5 Å². The summed E-state index contributed by atoms with van der Waals surface area (Å²) < 4.78 is 0. The predicted molar refractivity (Wildman–Crippen MR) is 116 cm³/mol. The van der Waals surface area contributed by atoms with Crippen molar-refractivity contribution in [2.45, 2.75) is 13.3 Å². The van der Waals surface area contributed by atoms with E-state index in [9.17, 15) is 9.90 Å². The van der Waals surface area contributed by atoms with E-state index in [4.69, 9.17) is 5.73 Å². The summed E-state index contributed by atoms with van der Waals surface area (Å²) in [6, 6.07) is 18.2. The van der Waals surface area contributed by atoms with E-state index >= 15 is 0 Å². The number of urea groups is 1. The SMILES string of the molecule is CCc1ccccc1NC(=O)Nc1ccc(-c2ccc(O)c3[nH]nc(N)c23)cc1. The van der Waals surface area contributed by atoms with Crippen LogP contribution >= 0.6 is 0 Å². The lowest BCUT2D eigenvalue weighted by molar-refractivity contribution is 0.262. The van der Waals surface area contributed by atoms with Crippen molar-refractivity contribution in [3.05, 3.63) is 66.2 Å². The van der Waals surface area contributed by atoms with Crippen LogP contribution in [0, 0.1) is 0 Å². The number of hydrogen-bond donors (Lipinski definition) is 5. The molecule has 0 bridgehead atoms. The second-order valence-electron chi connectivity index (χ2n) is 6.66. The molecule has 6 N–H and O–H groups in total. The van der Waals surface area contributed by atoms with Gasteiger partial charge in [-0.3, -0.25) is 5.10 Å². The van der Waals surface area contributed by atoms with Crippen molar-refractivity contribution in [1.29, 1.82) is 0 Å². The molecular weight excluding hydrogens is 366 g/mol. The number of benzene rings is 3. The molecule has 7 nitrogen and oxygen atoms in total. The van der Waals surface area contributed by atoms with Gasteiger partial charge in [0.15, 0.2) is 5.82 Å². The minimum absolute atomic E-state index is 0.0928. The van der Waals surface area contributed by atoms with Crippen LogP contribution in [-0.2, 0) is 6.42 Å². The molecule has 0 radical (unpaired) electrons. The Bertz CT molecular complexity index is 1180. The van der Waals surface area contributed by atoms with E-state index in [-0.39, 0.29) is 11.8 Å². The van der Waals surface area contributed by atoms with Crippen LogP contribution in [0.4, 0.5) is 22.0 Å². The molecule has 4 aromatic rings. The predicted octanol–water partition coefficient (Wildman–Crippen LogP) is 4.72. The molecule has 146 valence electrons. The van der Waals surface area contributed by atoms with Crippen LogP contribution in [0.25, 0.3) is 22.0 Å². The van der Waals surface area contributed by atoms with E-state index in [1.165, 1.54) is 0 Å². The first-order chi connectivity index (χ1) is 14.1. The second kappa shape index (κ2) is 7.55. The first-order valence-electron chi connectivity index (χ1n) is 9.28. The first-order valence-corrected chi connectivity index (χ1v) is 9.28. The molecule has 3 aromatic carbocycles. The summed E-state index contributed by atoms with van der Waals surface area (Å²) in [5.74, 6) is 0.414. The van der Waals surface area contributed by atoms with Crippen LogP contribution in [-0.4, -0.2) is 21.3 Å². The van der Waals surface area contributed by atoms with Gasteiger partial charge in [0, 0.05) is 11.4 Å². The molecule has 7 heteroatoms. The first kappa shape index (κ1) is 18.4. The third kappa shape index (κ3) is 3.58. The molecule has 1 heterocycles. The zero-order valence-electron chi connectivity index (χ0n) is 15.9. The van der Waals surface area contributed by atoms with Gasteiger partial charge in [0.05, 0.1) is 5.39 Å². The number of phenols is 1. The summed E-state index contributed by atoms with van der Waals surface area (Å²) in [6.45, 7) is 2.05. The van der Waals surface area contributed by atoms with Crippen molar-refractivity contribution < 1.29 is 9.90 Å². The third-order valence-corrected chi connectivity index (χ3v) is 4.83. The van der Waals surface area contributed by atoms with E-state index < -0.39 is 0 Å². The number of hydrogen-bond acceptors (Lipinski definition) is 4. The van der Waals surface area contributed by atoms with Crippen LogP contribution in [0.3, 0.4) is 0 Å². The summed E-state index contributed by atoms with van der Waals surface area (Å²) >= 11 is 0. The molecule has 0 unspecified atom stereocenters. The monoisotopic (exact) mass is 387 g/mol. The maximum atomic E-state index is 12.3. The van der Waals surface area contributed by atoms with Crippen LogP contribution < -0.4 is 16.4 Å². The Morgan fingerprint density at radius 3 is 2.59 bits per heavy atom. The maximum Gasteiger partial charge on any atom is 0.323 e. The van der Waals surface area contributed by atoms with Crippen molar-refractivity contribution >= 4 is 34.1 Å². The molecule has 0 saturated heterocycles. The lowest BCUT2D eigenvalue weighted by Crippen LogP contribution is -2.20. The van der Waals surface area contributed by atoms with E-state index in [1.54, 1.807) is 12.1 Å². The number of nitrogens with zero attached hydrogens (tertiary/aromatic N) is 1. The highest BCUT2D eigenvalue weighted by Crippen LogP contribution is 2.36. The Labute approximate surface area is 167 Å². The van der Waals surface area contributed by atoms with Crippen LogP contribution in [0.15, 0.2) is 60.7 Å². The number of aromatic amines is 1. The van der Waals surface area contributed by atoms with Gasteiger partial charge in [-0.2, -0.15) is 5.10 Å². The van der Waals surface area contributed by atoms with Gasteiger partial charge >= 0.3 is 6.03 Å². The second-order valence-corrected chi connectivity index (χ2v) is 6.66. The lowest BCUT2D eigenvalue weighted by Gasteiger charge is -2.11. The molecule has 0 atom stereocenters. The number of para-hydroxylation sites is 1. The Kier molecular flexibility index (Phi) is 4.78. The molecule has 2 amide bonds. The van der Waals surface area contributed by atoms with Crippen LogP contribution in [0.2, 0.25) is 0 Å². The number of nitrogens with one attached hydrogen (secondary N) is 3. The molecule has 0 fully saturated rings. The minimum atomic E-state index is -0.301. The Balaban J connectivity index is 1.54. The van der Waals surface area contributed by atoms with Gasteiger partial charge in [0.1, 0.15) is 11.3 Å². The minimum Gasteiger partial charge on any atom is -0.506 e. The van der Waals surface area contributed by atoms with Crippen LogP contribution in [0.1, 0.15) is 12.5 Å². The normalized spacial score (nSPS) is 10.8. The molecule has 0 spiro atoms. The quantitative estimate of drug-likeness (QED) is 0.348. The highest BCUT2D eigenvalue weighted by Gasteiger charge is 2.13. The van der Waals surface area contributed by atoms with Crippen molar-refractivity contribution in [2.75, 3.05) is 16.4 Å². The molecule has 0 saturated carbocycles. The standard InChI is InChI=1S/C22H21N5O2/c1-2-13-5-3-4-6-17(13)25-22(29)24-15-9-7-14(8-10-15)16-11-12-18(28)20-19(16)21(23)27-26-20/h3-12,28H,2H2,1H3,(H3,23,26,27)(H2,24,25,29). The van der Waals surface area contributed by atoms with Gasteiger partial charge in [-0.15, -0.1) is 0 Å². The van der Waals surface area contributed by atoms with Gasteiger partial charge in [-0.1, -0.05) is 37.3 Å². The average Bonchev–Trinajstić information content (AvgIpc) is 3.12. The van der Waals surface area contributed by atoms with Crippen molar-refractivity contribution in [1.82, 2.24) is 10.2 Å². The van der Waals surface area contributed by atoms with E-state index in [2.05, 4.69) is 20.8 Å². The number of aryl methyl sites for hydroxylation is 1. The number of H-pyrrole nitrogens is 1. The van der Waals surface area contributed by atoms with Gasteiger partial charge in [0.2, 0.25) is 0 Å². The Morgan fingerprint density at radius 1 is 1.07 bits per heavy atom. The van der Waals surface area contributed by atoms with E-state index in [0.29, 0.717) is 22.4 Å². The number of aromatic nitrogens is 2. The van der Waals surface area contributed by atoms with Gasteiger partial charge in [0.25, 0.3) is 0 Å². The number of aromatic hydroxyl groups is 1. The third-order valence-electron chi connectivity index (χ3n) is 4.83. The highest BCUT2D eigenvalue weighted by molar-refractivity contribution is 6.04. The van der Waals surface area contributed by atoms with Crippen molar-refractivity contribution in [3.8, 4) is 16.9 Å². The topological polar surface area (TPSA) is 116 Å². The number of carbonyl (C=O) groups excluding carboxylic acids is 1. The van der Waals surface area contributed by atoms with Gasteiger partial charge in [-0.25, -0.2) is 4.79 Å². The fraction of sp³-hybridized carbons (Fsp3) is 0.0909.